The number of anilines is 1. The number of Topliss-reactive ketones (excluding diaryl/α,β-unsaturated/α-hetero) is 1. The van der Waals surface area contributed by atoms with Gasteiger partial charge in [0.1, 0.15) is 0 Å². The van der Waals surface area contributed by atoms with Crippen molar-refractivity contribution < 1.29 is 22.8 Å². The van der Waals surface area contributed by atoms with Gasteiger partial charge in [0, 0.05) is 5.41 Å². The Labute approximate surface area is 152 Å². The van der Waals surface area contributed by atoms with Gasteiger partial charge in [0.05, 0.1) is 21.5 Å². The van der Waals surface area contributed by atoms with E-state index in [-0.39, 0.29) is 11.5 Å². The van der Waals surface area contributed by atoms with Gasteiger partial charge in [-0.3, -0.25) is 9.59 Å². The standard InChI is InChI=1S/C18H19BrF3NO2/c1-15(2)16(3)8-9-17(15,12(19)13(16)24)14(25)23-11-7-5-4-6-10(11)18(20,21)22/h4-7,12H,8-9H2,1-3H3,(H,23,25)/t12-,16-,17+/m1/s1. The zero-order valence-electron chi connectivity index (χ0n) is 14.1. The number of nitrogens with one attached hydrogen (secondary N) is 1. The van der Waals surface area contributed by atoms with Crippen LogP contribution in [-0.2, 0) is 15.8 Å². The van der Waals surface area contributed by atoms with Crippen molar-refractivity contribution in [2.75, 3.05) is 5.32 Å². The van der Waals surface area contributed by atoms with E-state index in [1.165, 1.54) is 18.2 Å². The molecule has 2 aliphatic carbocycles. The van der Waals surface area contributed by atoms with E-state index in [1.807, 2.05) is 20.8 Å². The van der Waals surface area contributed by atoms with Gasteiger partial charge in [-0.2, -0.15) is 13.2 Å². The lowest BCUT2D eigenvalue weighted by atomic mass is 9.64. The molecule has 2 fully saturated rings. The van der Waals surface area contributed by atoms with Crippen LogP contribution in [0.15, 0.2) is 24.3 Å². The molecule has 1 amide bonds. The third-order valence-corrected chi connectivity index (χ3v) is 7.80. The summed E-state index contributed by atoms with van der Waals surface area (Å²) in [6.07, 6.45) is -3.56. The molecule has 0 spiro atoms. The topological polar surface area (TPSA) is 46.2 Å². The molecule has 0 saturated heterocycles. The second kappa shape index (κ2) is 5.32. The lowest BCUT2D eigenvalue weighted by Crippen LogP contribution is -2.48. The van der Waals surface area contributed by atoms with Crippen molar-refractivity contribution in [2.24, 2.45) is 16.2 Å². The maximum Gasteiger partial charge on any atom is 0.418 e. The first-order valence-electron chi connectivity index (χ1n) is 8.06. The fraction of sp³-hybridized carbons (Fsp3) is 0.556. The van der Waals surface area contributed by atoms with Crippen LogP contribution in [0.1, 0.15) is 39.2 Å². The zero-order valence-corrected chi connectivity index (χ0v) is 15.7. The lowest BCUT2D eigenvalue weighted by Gasteiger charge is -2.39. The molecule has 136 valence electrons. The fourth-order valence-electron chi connectivity index (χ4n) is 4.53. The quantitative estimate of drug-likeness (QED) is 0.702. The molecule has 3 nitrogen and oxygen atoms in total. The van der Waals surface area contributed by atoms with Gasteiger partial charge in [0.25, 0.3) is 0 Å². The Hall–Kier alpha value is -1.37. The summed E-state index contributed by atoms with van der Waals surface area (Å²) in [5, 5.41) is 2.46. The third-order valence-electron chi connectivity index (χ3n) is 6.61. The Morgan fingerprint density at radius 3 is 2.32 bits per heavy atom. The van der Waals surface area contributed by atoms with Crippen LogP contribution in [0.4, 0.5) is 18.9 Å². The molecule has 3 rings (SSSR count). The maximum absolute atomic E-state index is 13.2. The molecule has 2 saturated carbocycles. The molecule has 2 bridgehead atoms. The molecule has 2 aliphatic rings. The van der Waals surface area contributed by atoms with E-state index >= 15 is 0 Å². The predicted octanol–water partition coefficient (Wildman–Crippen LogP) is 4.80. The summed E-state index contributed by atoms with van der Waals surface area (Å²) in [6, 6.07) is 4.89. The highest BCUT2D eigenvalue weighted by Gasteiger charge is 2.76. The molecule has 0 aromatic heterocycles. The summed E-state index contributed by atoms with van der Waals surface area (Å²) in [4.78, 5) is 25.1. The highest BCUT2D eigenvalue weighted by Crippen LogP contribution is 2.72. The molecule has 7 heteroatoms. The van der Waals surface area contributed by atoms with E-state index in [4.69, 9.17) is 0 Å². The first-order valence-corrected chi connectivity index (χ1v) is 8.97. The summed E-state index contributed by atoms with van der Waals surface area (Å²) in [5.74, 6) is -0.589. The minimum absolute atomic E-state index is 0.0528. The fourth-order valence-corrected chi connectivity index (χ4v) is 6.04. The van der Waals surface area contributed by atoms with Crippen LogP contribution in [0, 0.1) is 16.2 Å². The summed E-state index contributed by atoms with van der Waals surface area (Å²) in [5.41, 5.74) is -3.58. The van der Waals surface area contributed by atoms with Gasteiger partial charge in [-0.25, -0.2) is 0 Å². The smallest absolute Gasteiger partial charge is 0.325 e. The highest BCUT2D eigenvalue weighted by atomic mass is 79.9. The number of amides is 1. The highest BCUT2D eigenvalue weighted by molar-refractivity contribution is 9.10. The van der Waals surface area contributed by atoms with Gasteiger partial charge < -0.3 is 5.32 Å². The second-order valence-corrected chi connectivity index (χ2v) is 8.57. The second-order valence-electron chi connectivity index (χ2n) is 7.65. The summed E-state index contributed by atoms with van der Waals surface area (Å²) < 4.78 is 39.6. The Balaban J connectivity index is 2.02. The third kappa shape index (κ3) is 2.17. The number of hydrogen-bond acceptors (Lipinski definition) is 2. The average molecular weight is 418 g/mol. The van der Waals surface area contributed by atoms with Crippen LogP contribution >= 0.6 is 15.9 Å². The number of para-hydroxylation sites is 1. The minimum Gasteiger partial charge on any atom is -0.325 e. The van der Waals surface area contributed by atoms with Gasteiger partial charge >= 0.3 is 6.18 Å². The normalized spacial score (nSPS) is 33.6. The first-order chi connectivity index (χ1) is 11.4. The maximum atomic E-state index is 13.2. The van der Waals surface area contributed by atoms with E-state index < -0.39 is 38.7 Å². The van der Waals surface area contributed by atoms with E-state index in [1.54, 1.807) is 0 Å². The van der Waals surface area contributed by atoms with Crippen molar-refractivity contribution in [3.63, 3.8) is 0 Å². The van der Waals surface area contributed by atoms with Gasteiger partial charge in [-0.05, 0) is 30.4 Å². The Kier molecular flexibility index (Phi) is 3.92. The van der Waals surface area contributed by atoms with E-state index in [9.17, 15) is 22.8 Å². The molecule has 1 N–H and O–H groups in total. The van der Waals surface area contributed by atoms with Gasteiger partial charge in [-0.15, -0.1) is 0 Å². The number of rotatable bonds is 2. The predicted molar refractivity (Wildman–Crippen MR) is 91.4 cm³/mol. The molecule has 25 heavy (non-hydrogen) atoms. The van der Waals surface area contributed by atoms with Crippen molar-refractivity contribution in [1.82, 2.24) is 0 Å². The molecular weight excluding hydrogens is 399 g/mol. The van der Waals surface area contributed by atoms with E-state index in [0.717, 1.165) is 6.07 Å². The zero-order chi connectivity index (χ0) is 18.8. The van der Waals surface area contributed by atoms with Crippen molar-refractivity contribution in [3.8, 4) is 0 Å². The van der Waals surface area contributed by atoms with Crippen LogP contribution in [-0.4, -0.2) is 16.5 Å². The number of halogens is 4. The molecule has 3 atom stereocenters. The number of alkyl halides is 4. The van der Waals surface area contributed by atoms with Crippen LogP contribution in [0.2, 0.25) is 0 Å². The molecular formula is C18H19BrF3NO2. The average Bonchev–Trinajstić information content (AvgIpc) is 2.79. The summed E-state index contributed by atoms with van der Waals surface area (Å²) in [6.45, 7) is 5.55. The number of carbonyl (C=O) groups excluding carboxylic acids is 2. The lowest BCUT2D eigenvalue weighted by molar-refractivity contribution is -0.137. The summed E-state index contributed by atoms with van der Waals surface area (Å²) >= 11 is 3.37. The molecule has 0 aliphatic heterocycles. The molecule has 0 unspecified atom stereocenters. The first kappa shape index (κ1) is 18.4. The van der Waals surface area contributed by atoms with Gasteiger partial charge in [-0.1, -0.05) is 48.8 Å². The van der Waals surface area contributed by atoms with Gasteiger partial charge in [0.2, 0.25) is 5.91 Å². The van der Waals surface area contributed by atoms with E-state index in [0.29, 0.717) is 12.8 Å². The molecule has 0 radical (unpaired) electrons. The minimum atomic E-state index is -4.57. The van der Waals surface area contributed by atoms with Crippen LogP contribution in [0.5, 0.6) is 0 Å². The van der Waals surface area contributed by atoms with Crippen molar-refractivity contribution >= 4 is 33.3 Å². The Bertz CT molecular complexity index is 761. The largest absolute Gasteiger partial charge is 0.418 e. The van der Waals surface area contributed by atoms with Crippen molar-refractivity contribution in [3.05, 3.63) is 29.8 Å². The number of carbonyl (C=O) groups is 2. The SMILES string of the molecule is CC1(C)[C@]2(C)CC[C@@]1(C(=O)Nc1ccccc1C(F)(F)F)[C@H](Br)C2=O. The molecule has 1 aromatic carbocycles. The van der Waals surface area contributed by atoms with Crippen LogP contribution in [0.25, 0.3) is 0 Å². The number of hydrogen-bond donors (Lipinski definition) is 1. The molecule has 1 aromatic rings. The summed E-state index contributed by atoms with van der Waals surface area (Å²) in [7, 11) is 0. The van der Waals surface area contributed by atoms with Crippen LogP contribution < -0.4 is 5.32 Å². The Morgan fingerprint density at radius 2 is 1.80 bits per heavy atom. The number of benzene rings is 1. The monoisotopic (exact) mass is 417 g/mol. The van der Waals surface area contributed by atoms with E-state index in [2.05, 4.69) is 21.2 Å². The number of ketones is 1. The van der Waals surface area contributed by atoms with Crippen LogP contribution in [0.3, 0.4) is 0 Å². The number of fused-ring (bicyclic) bond motifs is 2. The van der Waals surface area contributed by atoms with Crippen molar-refractivity contribution in [1.29, 1.82) is 0 Å². The molecule has 0 heterocycles. The van der Waals surface area contributed by atoms with Gasteiger partial charge in [0.15, 0.2) is 5.78 Å². The van der Waals surface area contributed by atoms with Crippen molar-refractivity contribution in [2.45, 2.75) is 44.6 Å². The Morgan fingerprint density at radius 1 is 1.20 bits per heavy atom.